The molecule has 0 unspecified atom stereocenters. The van der Waals surface area contributed by atoms with Gasteiger partial charge in [-0.25, -0.2) is 4.39 Å². The molecular formula is C13H16FNO2. The fraction of sp³-hybridized carbons (Fsp3) is 0.462. The number of ether oxygens (including phenoxy) is 1. The number of nitrogens with zero attached hydrogens (tertiary/aromatic N) is 1. The lowest BCUT2D eigenvalue weighted by Crippen LogP contribution is -2.38. The third-order valence-corrected chi connectivity index (χ3v) is 2.87. The molecule has 3 nitrogen and oxygen atoms in total. The van der Waals surface area contributed by atoms with Gasteiger partial charge >= 0.3 is 0 Å². The van der Waals surface area contributed by atoms with E-state index in [1.807, 2.05) is 4.90 Å². The molecule has 1 aromatic rings. The van der Waals surface area contributed by atoms with E-state index in [4.69, 9.17) is 4.74 Å². The van der Waals surface area contributed by atoms with Gasteiger partial charge in [-0.1, -0.05) is 6.07 Å². The number of rotatable bonds is 3. The third-order valence-electron chi connectivity index (χ3n) is 2.87. The number of carbonyl (C=O) groups is 1. The van der Waals surface area contributed by atoms with Gasteiger partial charge in [0.25, 0.3) is 5.91 Å². The highest BCUT2D eigenvalue weighted by Gasteiger charge is 2.16. The maximum atomic E-state index is 12.9. The predicted octanol–water partition coefficient (Wildman–Crippen LogP) is 2.22. The minimum absolute atomic E-state index is 0.0105. The van der Waals surface area contributed by atoms with Crippen LogP contribution in [0.2, 0.25) is 0 Å². The van der Waals surface area contributed by atoms with Crippen LogP contribution in [0.25, 0.3) is 0 Å². The Kier molecular flexibility index (Phi) is 3.96. The third kappa shape index (κ3) is 3.44. The lowest BCUT2D eigenvalue weighted by atomic mass is 10.1. The molecule has 0 radical (unpaired) electrons. The molecule has 0 spiro atoms. The Hall–Kier alpha value is -1.58. The van der Waals surface area contributed by atoms with Gasteiger partial charge in [0.05, 0.1) is 0 Å². The molecule has 1 aliphatic heterocycles. The van der Waals surface area contributed by atoms with E-state index >= 15 is 0 Å². The van der Waals surface area contributed by atoms with Gasteiger partial charge in [0.15, 0.2) is 6.61 Å². The standard InChI is InChI=1S/C13H16FNO2/c14-11-5-4-6-12(9-11)17-10-13(16)15-7-2-1-3-8-15/h4-6,9H,1-3,7-8,10H2. The van der Waals surface area contributed by atoms with E-state index in [0.29, 0.717) is 5.75 Å². The Morgan fingerprint density at radius 2 is 2.06 bits per heavy atom. The molecule has 0 atom stereocenters. The van der Waals surface area contributed by atoms with Crippen molar-refractivity contribution < 1.29 is 13.9 Å². The Bertz CT molecular complexity index is 389. The number of hydrogen-bond acceptors (Lipinski definition) is 2. The van der Waals surface area contributed by atoms with Gasteiger partial charge in [0, 0.05) is 19.2 Å². The molecule has 1 aromatic carbocycles. The summed E-state index contributed by atoms with van der Waals surface area (Å²) in [6.07, 6.45) is 3.31. The van der Waals surface area contributed by atoms with Gasteiger partial charge in [-0.2, -0.15) is 0 Å². The summed E-state index contributed by atoms with van der Waals surface area (Å²) in [5.41, 5.74) is 0. The second-order valence-corrected chi connectivity index (χ2v) is 4.19. The summed E-state index contributed by atoms with van der Waals surface area (Å²) in [4.78, 5) is 13.6. The van der Waals surface area contributed by atoms with Crippen molar-refractivity contribution in [1.29, 1.82) is 0 Å². The summed E-state index contributed by atoms with van der Waals surface area (Å²) in [7, 11) is 0. The molecule has 0 aliphatic carbocycles. The zero-order valence-electron chi connectivity index (χ0n) is 9.69. The Morgan fingerprint density at radius 3 is 2.76 bits per heavy atom. The molecule has 1 saturated heterocycles. The fourth-order valence-electron chi connectivity index (χ4n) is 1.94. The molecule has 0 N–H and O–H groups in total. The zero-order chi connectivity index (χ0) is 12.1. The van der Waals surface area contributed by atoms with Crippen molar-refractivity contribution in [3.8, 4) is 5.75 Å². The van der Waals surface area contributed by atoms with Gasteiger partial charge in [-0.3, -0.25) is 4.79 Å². The Morgan fingerprint density at radius 1 is 1.29 bits per heavy atom. The maximum absolute atomic E-state index is 12.9. The minimum Gasteiger partial charge on any atom is -0.484 e. The van der Waals surface area contributed by atoms with Crippen LogP contribution < -0.4 is 4.74 Å². The van der Waals surface area contributed by atoms with E-state index in [9.17, 15) is 9.18 Å². The second-order valence-electron chi connectivity index (χ2n) is 4.19. The van der Waals surface area contributed by atoms with Crippen LogP contribution in [0, 0.1) is 5.82 Å². The van der Waals surface area contributed by atoms with Crippen LogP contribution in [0.4, 0.5) is 4.39 Å². The number of amides is 1. The van der Waals surface area contributed by atoms with Crippen molar-refractivity contribution in [1.82, 2.24) is 4.90 Å². The summed E-state index contributed by atoms with van der Waals surface area (Å²) >= 11 is 0. The average Bonchev–Trinajstić information content (AvgIpc) is 2.37. The van der Waals surface area contributed by atoms with Crippen LogP contribution in [0.15, 0.2) is 24.3 Å². The van der Waals surface area contributed by atoms with Crippen LogP contribution in [-0.2, 0) is 4.79 Å². The topological polar surface area (TPSA) is 29.5 Å². The molecule has 1 fully saturated rings. The number of carbonyl (C=O) groups excluding carboxylic acids is 1. The highest BCUT2D eigenvalue weighted by atomic mass is 19.1. The van der Waals surface area contributed by atoms with Crippen LogP contribution in [-0.4, -0.2) is 30.5 Å². The molecule has 1 heterocycles. The molecule has 17 heavy (non-hydrogen) atoms. The highest BCUT2D eigenvalue weighted by molar-refractivity contribution is 5.77. The van der Waals surface area contributed by atoms with E-state index in [0.717, 1.165) is 25.9 Å². The predicted molar refractivity (Wildman–Crippen MR) is 62.3 cm³/mol. The average molecular weight is 237 g/mol. The molecule has 2 rings (SSSR count). The molecule has 1 amide bonds. The largest absolute Gasteiger partial charge is 0.484 e. The van der Waals surface area contributed by atoms with Gasteiger partial charge < -0.3 is 9.64 Å². The zero-order valence-corrected chi connectivity index (χ0v) is 9.69. The summed E-state index contributed by atoms with van der Waals surface area (Å²) in [5.74, 6) is 0.0252. The van der Waals surface area contributed by atoms with Crippen molar-refractivity contribution in [3.05, 3.63) is 30.1 Å². The Balaban J connectivity index is 1.83. The molecule has 0 saturated carbocycles. The summed E-state index contributed by atoms with van der Waals surface area (Å²) in [5, 5.41) is 0. The summed E-state index contributed by atoms with van der Waals surface area (Å²) in [6, 6.07) is 5.84. The van der Waals surface area contributed by atoms with Crippen LogP contribution in [0.1, 0.15) is 19.3 Å². The first-order chi connectivity index (χ1) is 8.25. The number of halogens is 1. The Labute approximate surface area is 100 Å². The normalized spacial score (nSPS) is 15.7. The number of piperidine rings is 1. The number of hydrogen-bond donors (Lipinski definition) is 0. The first-order valence-electron chi connectivity index (χ1n) is 5.92. The lowest BCUT2D eigenvalue weighted by molar-refractivity contribution is -0.134. The first-order valence-corrected chi connectivity index (χ1v) is 5.92. The van der Waals surface area contributed by atoms with Crippen molar-refractivity contribution in [2.75, 3.05) is 19.7 Å². The first kappa shape index (κ1) is 11.9. The van der Waals surface area contributed by atoms with Crippen molar-refractivity contribution >= 4 is 5.91 Å². The van der Waals surface area contributed by atoms with Crippen molar-refractivity contribution in [2.45, 2.75) is 19.3 Å². The molecule has 1 aliphatic rings. The lowest BCUT2D eigenvalue weighted by Gasteiger charge is -2.26. The molecular weight excluding hydrogens is 221 g/mol. The summed E-state index contributed by atoms with van der Waals surface area (Å²) in [6.45, 7) is 1.61. The van der Waals surface area contributed by atoms with E-state index in [-0.39, 0.29) is 18.3 Å². The van der Waals surface area contributed by atoms with Gasteiger partial charge in [-0.15, -0.1) is 0 Å². The van der Waals surface area contributed by atoms with Gasteiger partial charge in [0.1, 0.15) is 11.6 Å². The fourth-order valence-corrected chi connectivity index (χ4v) is 1.94. The van der Waals surface area contributed by atoms with E-state index in [1.165, 1.54) is 18.6 Å². The summed E-state index contributed by atoms with van der Waals surface area (Å²) < 4.78 is 18.1. The number of benzene rings is 1. The van der Waals surface area contributed by atoms with Crippen molar-refractivity contribution in [3.63, 3.8) is 0 Å². The SMILES string of the molecule is O=C(COc1cccc(F)c1)N1CCCCC1. The van der Waals surface area contributed by atoms with E-state index in [2.05, 4.69) is 0 Å². The van der Waals surface area contributed by atoms with Gasteiger partial charge in [-0.05, 0) is 31.4 Å². The molecule has 92 valence electrons. The monoisotopic (exact) mass is 237 g/mol. The van der Waals surface area contributed by atoms with E-state index in [1.54, 1.807) is 12.1 Å². The highest BCUT2D eigenvalue weighted by Crippen LogP contribution is 2.13. The molecule has 0 bridgehead atoms. The van der Waals surface area contributed by atoms with Crippen LogP contribution >= 0.6 is 0 Å². The minimum atomic E-state index is -0.354. The van der Waals surface area contributed by atoms with E-state index < -0.39 is 0 Å². The van der Waals surface area contributed by atoms with Crippen LogP contribution in [0.3, 0.4) is 0 Å². The van der Waals surface area contributed by atoms with Gasteiger partial charge in [0.2, 0.25) is 0 Å². The van der Waals surface area contributed by atoms with Crippen molar-refractivity contribution in [2.24, 2.45) is 0 Å². The molecule has 0 aromatic heterocycles. The second kappa shape index (κ2) is 5.66. The maximum Gasteiger partial charge on any atom is 0.260 e. The van der Waals surface area contributed by atoms with Crippen LogP contribution in [0.5, 0.6) is 5.75 Å². The smallest absolute Gasteiger partial charge is 0.260 e. The molecule has 4 heteroatoms. The quantitative estimate of drug-likeness (QED) is 0.806. The number of likely N-dealkylation sites (tertiary alicyclic amines) is 1.